The van der Waals surface area contributed by atoms with Crippen molar-refractivity contribution in [3.05, 3.63) is 0 Å². The largest absolute Gasteiger partial charge is 0.385 e. The molecule has 0 saturated heterocycles. The van der Waals surface area contributed by atoms with E-state index in [1.807, 2.05) is 0 Å². The van der Waals surface area contributed by atoms with Gasteiger partial charge in [-0.1, -0.05) is 0 Å². The van der Waals surface area contributed by atoms with Crippen LogP contribution in [0.1, 0.15) is 12.8 Å². The van der Waals surface area contributed by atoms with Crippen molar-refractivity contribution in [2.24, 2.45) is 4.99 Å². The van der Waals surface area contributed by atoms with Crippen LogP contribution in [0, 0.1) is 0 Å². The number of aliphatic imine (C=N–C) groups is 1. The molecule has 4 nitrogen and oxygen atoms in total. The van der Waals surface area contributed by atoms with E-state index in [1.165, 1.54) is 0 Å². The lowest BCUT2D eigenvalue weighted by molar-refractivity contribution is 0.195. The Balaban J connectivity index is 2.01. The Morgan fingerprint density at radius 2 is 2.58 bits per heavy atom. The molecule has 0 unspecified atom stereocenters. The molecule has 0 fully saturated rings. The van der Waals surface area contributed by atoms with Crippen molar-refractivity contribution in [2.75, 3.05) is 33.4 Å². The van der Waals surface area contributed by atoms with Gasteiger partial charge in [-0.15, -0.1) is 0 Å². The van der Waals surface area contributed by atoms with E-state index < -0.39 is 0 Å². The lowest BCUT2D eigenvalue weighted by Gasteiger charge is -2.15. The number of methoxy groups -OCH3 is 1. The van der Waals surface area contributed by atoms with Crippen molar-refractivity contribution in [3.8, 4) is 0 Å². The number of rotatable bonds is 4. The molecular weight excluding hydrogens is 154 g/mol. The molecule has 0 aliphatic carbocycles. The van der Waals surface area contributed by atoms with E-state index in [0.717, 1.165) is 45.0 Å². The Kier molecular flexibility index (Phi) is 4.52. The van der Waals surface area contributed by atoms with Crippen molar-refractivity contribution in [1.82, 2.24) is 10.6 Å². The number of ether oxygens (including phenoxy) is 1. The van der Waals surface area contributed by atoms with E-state index in [1.54, 1.807) is 7.11 Å². The fourth-order valence-electron chi connectivity index (χ4n) is 1.07. The number of nitrogens with one attached hydrogen (secondary N) is 2. The summed E-state index contributed by atoms with van der Waals surface area (Å²) in [6, 6.07) is 0. The van der Waals surface area contributed by atoms with Gasteiger partial charge in [-0.25, -0.2) is 0 Å². The normalized spacial score (nSPS) is 16.6. The van der Waals surface area contributed by atoms with Crippen LogP contribution >= 0.6 is 0 Å². The number of hydrogen-bond donors (Lipinski definition) is 2. The van der Waals surface area contributed by atoms with Gasteiger partial charge < -0.3 is 15.4 Å². The second kappa shape index (κ2) is 5.83. The molecule has 1 aliphatic rings. The van der Waals surface area contributed by atoms with Crippen molar-refractivity contribution < 1.29 is 4.74 Å². The lowest BCUT2D eigenvalue weighted by Crippen LogP contribution is -2.41. The highest BCUT2D eigenvalue weighted by Crippen LogP contribution is 1.87. The van der Waals surface area contributed by atoms with Crippen LogP contribution in [0.4, 0.5) is 0 Å². The van der Waals surface area contributed by atoms with Crippen LogP contribution < -0.4 is 10.6 Å². The molecule has 0 aromatic rings. The first-order valence-corrected chi connectivity index (χ1v) is 4.44. The first kappa shape index (κ1) is 9.32. The molecule has 1 aliphatic heterocycles. The summed E-state index contributed by atoms with van der Waals surface area (Å²) in [5.41, 5.74) is 0. The van der Waals surface area contributed by atoms with E-state index >= 15 is 0 Å². The molecule has 0 amide bonds. The van der Waals surface area contributed by atoms with Crippen molar-refractivity contribution in [2.45, 2.75) is 12.8 Å². The molecule has 0 spiro atoms. The number of guanidine groups is 1. The maximum Gasteiger partial charge on any atom is 0.191 e. The zero-order chi connectivity index (χ0) is 8.65. The SMILES string of the molecule is COCCCNC1=NCCCN1. The molecule has 4 heteroatoms. The molecule has 0 aromatic heterocycles. The maximum atomic E-state index is 4.93. The van der Waals surface area contributed by atoms with Crippen LogP contribution in [0.15, 0.2) is 4.99 Å². The van der Waals surface area contributed by atoms with Crippen LogP contribution in [0.25, 0.3) is 0 Å². The van der Waals surface area contributed by atoms with Gasteiger partial charge in [0, 0.05) is 33.4 Å². The molecule has 1 rings (SSSR count). The Bertz CT molecular complexity index is 147. The van der Waals surface area contributed by atoms with Crippen LogP contribution in [0.3, 0.4) is 0 Å². The van der Waals surface area contributed by atoms with Crippen molar-refractivity contribution in [3.63, 3.8) is 0 Å². The Labute approximate surface area is 73.4 Å². The van der Waals surface area contributed by atoms with Crippen LogP contribution in [0.5, 0.6) is 0 Å². The second-order valence-corrected chi connectivity index (χ2v) is 2.78. The third-order valence-corrected chi connectivity index (χ3v) is 1.71. The molecule has 12 heavy (non-hydrogen) atoms. The highest BCUT2D eigenvalue weighted by molar-refractivity contribution is 5.80. The molecule has 0 aromatic carbocycles. The van der Waals surface area contributed by atoms with Crippen molar-refractivity contribution >= 4 is 5.96 Å². The Morgan fingerprint density at radius 3 is 3.25 bits per heavy atom. The zero-order valence-corrected chi connectivity index (χ0v) is 7.60. The van der Waals surface area contributed by atoms with Gasteiger partial charge in [0.25, 0.3) is 0 Å². The second-order valence-electron chi connectivity index (χ2n) is 2.78. The quantitative estimate of drug-likeness (QED) is 0.583. The maximum absolute atomic E-state index is 4.93. The standard InChI is InChI=1S/C8H17N3O/c1-12-7-3-6-11-8-9-4-2-5-10-8/h2-7H2,1H3,(H2,9,10,11). The molecule has 0 saturated carbocycles. The minimum absolute atomic E-state index is 0.806. The summed E-state index contributed by atoms with van der Waals surface area (Å²) in [5.74, 6) is 0.942. The van der Waals surface area contributed by atoms with E-state index in [9.17, 15) is 0 Å². The topological polar surface area (TPSA) is 45.6 Å². The van der Waals surface area contributed by atoms with Gasteiger partial charge >= 0.3 is 0 Å². The predicted molar refractivity (Wildman–Crippen MR) is 49.4 cm³/mol. The zero-order valence-electron chi connectivity index (χ0n) is 7.60. The third-order valence-electron chi connectivity index (χ3n) is 1.71. The monoisotopic (exact) mass is 171 g/mol. The van der Waals surface area contributed by atoms with Crippen LogP contribution in [0.2, 0.25) is 0 Å². The van der Waals surface area contributed by atoms with Gasteiger partial charge in [-0.05, 0) is 12.8 Å². The summed E-state index contributed by atoms with van der Waals surface area (Å²) in [6.45, 7) is 3.72. The molecule has 0 radical (unpaired) electrons. The van der Waals surface area contributed by atoms with E-state index in [0.29, 0.717) is 0 Å². The van der Waals surface area contributed by atoms with Crippen LogP contribution in [-0.4, -0.2) is 39.3 Å². The van der Waals surface area contributed by atoms with Gasteiger partial charge in [0.15, 0.2) is 5.96 Å². The Morgan fingerprint density at radius 1 is 1.67 bits per heavy atom. The molecular formula is C8H17N3O. The highest BCUT2D eigenvalue weighted by Gasteiger charge is 2.01. The average Bonchev–Trinajstić information content (AvgIpc) is 2.14. The fraction of sp³-hybridized carbons (Fsp3) is 0.875. The first-order chi connectivity index (χ1) is 5.93. The van der Waals surface area contributed by atoms with Crippen LogP contribution in [-0.2, 0) is 4.74 Å². The summed E-state index contributed by atoms with van der Waals surface area (Å²) in [4.78, 5) is 4.28. The smallest absolute Gasteiger partial charge is 0.191 e. The summed E-state index contributed by atoms with van der Waals surface area (Å²) in [6.07, 6.45) is 2.17. The minimum Gasteiger partial charge on any atom is -0.385 e. The molecule has 2 N–H and O–H groups in total. The minimum atomic E-state index is 0.806. The summed E-state index contributed by atoms with van der Waals surface area (Å²) < 4.78 is 4.93. The van der Waals surface area contributed by atoms with Gasteiger partial charge in [0.1, 0.15) is 0 Å². The van der Waals surface area contributed by atoms with E-state index in [-0.39, 0.29) is 0 Å². The lowest BCUT2D eigenvalue weighted by atomic mass is 10.4. The molecule has 1 heterocycles. The van der Waals surface area contributed by atoms with Gasteiger partial charge in [0.2, 0.25) is 0 Å². The predicted octanol–water partition coefficient (Wildman–Crippen LogP) is -0.0382. The number of hydrogen-bond acceptors (Lipinski definition) is 4. The Hall–Kier alpha value is -0.770. The average molecular weight is 171 g/mol. The number of nitrogens with zero attached hydrogens (tertiary/aromatic N) is 1. The molecule has 0 atom stereocenters. The third kappa shape index (κ3) is 3.57. The van der Waals surface area contributed by atoms with Gasteiger partial charge in [-0.2, -0.15) is 0 Å². The first-order valence-electron chi connectivity index (χ1n) is 4.44. The summed E-state index contributed by atoms with van der Waals surface area (Å²) in [5, 5.41) is 6.41. The fourth-order valence-corrected chi connectivity index (χ4v) is 1.07. The molecule has 70 valence electrons. The van der Waals surface area contributed by atoms with E-state index in [2.05, 4.69) is 15.6 Å². The van der Waals surface area contributed by atoms with Crippen molar-refractivity contribution in [1.29, 1.82) is 0 Å². The van der Waals surface area contributed by atoms with E-state index in [4.69, 9.17) is 4.74 Å². The highest BCUT2D eigenvalue weighted by atomic mass is 16.5. The summed E-state index contributed by atoms with van der Waals surface area (Å²) in [7, 11) is 1.72. The van der Waals surface area contributed by atoms with Gasteiger partial charge in [0.05, 0.1) is 0 Å². The van der Waals surface area contributed by atoms with Gasteiger partial charge in [-0.3, -0.25) is 4.99 Å². The summed E-state index contributed by atoms with van der Waals surface area (Å²) >= 11 is 0. The molecule has 0 bridgehead atoms.